The molecule has 3 saturated heterocycles. The summed E-state index contributed by atoms with van der Waals surface area (Å²) >= 11 is 0. The molecule has 4 atom stereocenters. The lowest BCUT2D eigenvalue weighted by Gasteiger charge is -2.38. The van der Waals surface area contributed by atoms with Gasteiger partial charge in [0.15, 0.2) is 0 Å². The summed E-state index contributed by atoms with van der Waals surface area (Å²) in [6.45, 7) is 2.93. The number of halogens is 3. The molecule has 3 fully saturated rings. The average molecular weight is 608 g/mol. The SMILES string of the molecule is COc1nc(NC[C@H]2CCC[C@@H](c3ccc(C(F)(F)F)cc3)O2)cc(C(=O)N2CCC(N[C@H]3CCOC[C@H]3OC)CC2)n1. The lowest BCUT2D eigenvalue weighted by molar-refractivity contribution is -0.137. The van der Waals surface area contributed by atoms with Crippen LogP contribution in [0.25, 0.3) is 0 Å². The molecule has 5 rings (SSSR count). The fraction of sp³-hybridized carbons (Fsp3) is 0.633. The van der Waals surface area contributed by atoms with Crippen LogP contribution in [-0.2, 0) is 20.4 Å². The van der Waals surface area contributed by atoms with Gasteiger partial charge in [-0.25, -0.2) is 0 Å². The predicted molar refractivity (Wildman–Crippen MR) is 152 cm³/mol. The topological polar surface area (TPSA) is 107 Å². The molecule has 4 heterocycles. The Balaban J connectivity index is 1.15. The van der Waals surface area contributed by atoms with Crippen LogP contribution in [0.4, 0.5) is 19.0 Å². The molecule has 13 heteroatoms. The monoisotopic (exact) mass is 607 g/mol. The Morgan fingerprint density at radius 1 is 1.07 bits per heavy atom. The first-order valence-electron chi connectivity index (χ1n) is 14.9. The highest BCUT2D eigenvalue weighted by atomic mass is 19.4. The molecule has 3 aliphatic heterocycles. The number of likely N-dealkylation sites (tertiary alicyclic amines) is 1. The van der Waals surface area contributed by atoms with Gasteiger partial charge in [0, 0.05) is 51.5 Å². The molecule has 1 aromatic carbocycles. The summed E-state index contributed by atoms with van der Waals surface area (Å²) in [7, 11) is 3.16. The van der Waals surface area contributed by atoms with E-state index in [0.29, 0.717) is 44.7 Å². The first kappa shape index (κ1) is 31.4. The van der Waals surface area contributed by atoms with Crippen molar-refractivity contribution in [2.45, 2.75) is 75.1 Å². The summed E-state index contributed by atoms with van der Waals surface area (Å²) in [4.78, 5) is 23.9. The van der Waals surface area contributed by atoms with Crippen LogP contribution in [0.15, 0.2) is 30.3 Å². The molecule has 0 saturated carbocycles. The third-order valence-corrected chi connectivity index (χ3v) is 8.42. The number of amides is 1. The lowest BCUT2D eigenvalue weighted by Crippen LogP contribution is -2.54. The molecule has 0 radical (unpaired) electrons. The van der Waals surface area contributed by atoms with E-state index in [9.17, 15) is 18.0 Å². The van der Waals surface area contributed by atoms with Crippen LogP contribution >= 0.6 is 0 Å². The highest BCUT2D eigenvalue weighted by Crippen LogP contribution is 2.34. The Morgan fingerprint density at radius 3 is 2.53 bits per heavy atom. The van der Waals surface area contributed by atoms with Gasteiger partial charge in [0.25, 0.3) is 5.91 Å². The predicted octanol–water partition coefficient (Wildman–Crippen LogP) is 4.22. The van der Waals surface area contributed by atoms with E-state index in [-0.39, 0.29) is 42.0 Å². The molecule has 1 aromatic heterocycles. The molecular formula is C30H40F3N5O5. The molecule has 2 aromatic rings. The summed E-state index contributed by atoms with van der Waals surface area (Å²) < 4.78 is 61.4. The second-order valence-electron chi connectivity index (χ2n) is 11.3. The van der Waals surface area contributed by atoms with E-state index >= 15 is 0 Å². The van der Waals surface area contributed by atoms with Crippen molar-refractivity contribution in [3.63, 3.8) is 0 Å². The fourth-order valence-electron chi connectivity index (χ4n) is 5.97. The van der Waals surface area contributed by atoms with Gasteiger partial charge in [-0.05, 0) is 56.2 Å². The molecule has 2 N–H and O–H groups in total. The second-order valence-corrected chi connectivity index (χ2v) is 11.3. The Hall–Kier alpha value is -3.00. The van der Waals surface area contributed by atoms with Crippen molar-refractivity contribution in [1.82, 2.24) is 20.2 Å². The Kier molecular flexibility index (Phi) is 10.4. The van der Waals surface area contributed by atoms with E-state index in [4.69, 9.17) is 18.9 Å². The zero-order chi connectivity index (χ0) is 30.4. The molecule has 0 spiro atoms. The first-order chi connectivity index (χ1) is 20.7. The summed E-state index contributed by atoms with van der Waals surface area (Å²) in [5.41, 5.74) is 0.293. The van der Waals surface area contributed by atoms with Gasteiger partial charge in [-0.15, -0.1) is 0 Å². The van der Waals surface area contributed by atoms with Gasteiger partial charge in [-0.2, -0.15) is 23.1 Å². The summed E-state index contributed by atoms with van der Waals surface area (Å²) in [6.07, 6.45) is 0.140. The molecule has 43 heavy (non-hydrogen) atoms. The zero-order valence-electron chi connectivity index (χ0n) is 24.6. The number of aromatic nitrogens is 2. The molecule has 3 aliphatic rings. The van der Waals surface area contributed by atoms with Gasteiger partial charge in [-0.3, -0.25) is 4.79 Å². The van der Waals surface area contributed by atoms with E-state index < -0.39 is 11.7 Å². The number of rotatable bonds is 9. The maximum absolute atomic E-state index is 13.4. The van der Waals surface area contributed by atoms with Crippen molar-refractivity contribution in [2.75, 3.05) is 52.4 Å². The van der Waals surface area contributed by atoms with E-state index in [1.165, 1.54) is 19.2 Å². The van der Waals surface area contributed by atoms with E-state index in [0.717, 1.165) is 56.2 Å². The van der Waals surface area contributed by atoms with Crippen LogP contribution < -0.4 is 15.4 Å². The van der Waals surface area contributed by atoms with Gasteiger partial charge in [-0.1, -0.05) is 12.1 Å². The molecular weight excluding hydrogens is 567 g/mol. The maximum atomic E-state index is 13.4. The third-order valence-electron chi connectivity index (χ3n) is 8.42. The smallest absolute Gasteiger partial charge is 0.416 e. The Bertz CT molecular complexity index is 1210. The average Bonchev–Trinajstić information content (AvgIpc) is 3.03. The number of carbonyl (C=O) groups is 1. The third kappa shape index (κ3) is 8.14. The van der Waals surface area contributed by atoms with Crippen molar-refractivity contribution in [3.05, 3.63) is 47.2 Å². The first-order valence-corrected chi connectivity index (χ1v) is 14.9. The number of piperidine rings is 1. The molecule has 10 nitrogen and oxygen atoms in total. The van der Waals surface area contributed by atoms with Crippen LogP contribution in [0.1, 0.15) is 66.2 Å². The number of anilines is 1. The number of hydrogen-bond donors (Lipinski definition) is 2. The molecule has 0 unspecified atom stereocenters. The summed E-state index contributed by atoms with van der Waals surface area (Å²) in [5.74, 6) is 0.261. The van der Waals surface area contributed by atoms with Crippen molar-refractivity contribution >= 4 is 11.7 Å². The number of alkyl halides is 3. The molecule has 0 bridgehead atoms. The second kappa shape index (κ2) is 14.2. The maximum Gasteiger partial charge on any atom is 0.416 e. The molecule has 1 amide bonds. The number of nitrogens with zero attached hydrogens (tertiary/aromatic N) is 3. The number of carbonyl (C=O) groups excluding carboxylic acids is 1. The van der Waals surface area contributed by atoms with E-state index in [2.05, 4.69) is 20.6 Å². The molecule has 236 valence electrons. The number of benzene rings is 1. The van der Waals surface area contributed by atoms with Gasteiger partial charge < -0.3 is 34.5 Å². The van der Waals surface area contributed by atoms with Crippen molar-refractivity contribution in [3.8, 4) is 6.01 Å². The Labute approximate surface area is 249 Å². The molecule has 0 aliphatic carbocycles. The normalized spacial score (nSPS) is 25.4. The van der Waals surface area contributed by atoms with Gasteiger partial charge >= 0.3 is 12.2 Å². The van der Waals surface area contributed by atoms with Crippen molar-refractivity contribution < 1.29 is 36.9 Å². The summed E-state index contributed by atoms with van der Waals surface area (Å²) in [5, 5.41) is 6.94. The standard InChI is InChI=1S/C30H40F3N5O5/c1-40-26-18-42-15-12-23(26)35-21-10-13-38(14-11-21)28(39)24-16-27(37-29(36-24)41-2)34-17-22-4-3-5-25(43-22)19-6-8-20(9-7-19)30(31,32)33/h6-9,16,21-23,25-26,35H,3-5,10-15,17-18H2,1-2H3,(H,34,36,37)/t22-,23+,25+,26-/m1/s1. The largest absolute Gasteiger partial charge is 0.467 e. The van der Waals surface area contributed by atoms with Crippen LogP contribution in [-0.4, -0.2) is 92.1 Å². The zero-order valence-corrected chi connectivity index (χ0v) is 24.6. The number of methoxy groups -OCH3 is 2. The highest BCUT2D eigenvalue weighted by Gasteiger charge is 2.32. The van der Waals surface area contributed by atoms with Crippen molar-refractivity contribution in [2.24, 2.45) is 0 Å². The van der Waals surface area contributed by atoms with Gasteiger partial charge in [0.05, 0.1) is 37.6 Å². The fourth-order valence-corrected chi connectivity index (χ4v) is 5.97. The van der Waals surface area contributed by atoms with Crippen molar-refractivity contribution in [1.29, 1.82) is 0 Å². The number of hydrogen-bond acceptors (Lipinski definition) is 9. The minimum atomic E-state index is -4.37. The number of nitrogens with one attached hydrogen (secondary N) is 2. The van der Waals surface area contributed by atoms with Crippen LogP contribution in [0, 0.1) is 0 Å². The van der Waals surface area contributed by atoms with Crippen LogP contribution in [0.3, 0.4) is 0 Å². The van der Waals surface area contributed by atoms with E-state index in [1.54, 1.807) is 18.1 Å². The Morgan fingerprint density at radius 2 is 1.84 bits per heavy atom. The highest BCUT2D eigenvalue weighted by molar-refractivity contribution is 5.93. The van der Waals surface area contributed by atoms with Crippen LogP contribution in [0.2, 0.25) is 0 Å². The van der Waals surface area contributed by atoms with Crippen LogP contribution in [0.5, 0.6) is 6.01 Å². The van der Waals surface area contributed by atoms with E-state index in [1.807, 2.05) is 0 Å². The van der Waals surface area contributed by atoms with Gasteiger partial charge in [0.2, 0.25) is 0 Å². The summed E-state index contributed by atoms with van der Waals surface area (Å²) in [6, 6.07) is 7.39. The lowest BCUT2D eigenvalue weighted by atomic mass is 9.97. The minimum Gasteiger partial charge on any atom is -0.467 e. The van der Waals surface area contributed by atoms with Gasteiger partial charge in [0.1, 0.15) is 11.5 Å². The number of ether oxygens (including phenoxy) is 4. The quantitative estimate of drug-likeness (QED) is 0.433. The minimum absolute atomic E-state index is 0.0301.